The summed E-state index contributed by atoms with van der Waals surface area (Å²) < 4.78 is 1.76. The number of nitrogens with zero attached hydrogens (tertiary/aromatic N) is 4. The molecule has 0 spiro atoms. The Morgan fingerprint density at radius 3 is 3.17 bits per heavy atom. The molecular formula is C11H17N5OS. The maximum Gasteiger partial charge on any atom is 0.0964 e. The average Bonchev–Trinajstić information content (AvgIpc) is 3.04. The Bertz CT molecular complexity index is 442. The molecule has 0 aromatic carbocycles. The number of hydrogen-bond donors (Lipinski definition) is 2. The minimum Gasteiger partial charge on any atom is -0.396 e. The largest absolute Gasteiger partial charge is 0.396 e. The molecule has 0 aliphatic carbocycles. The first kappa shape index (κ1) is 13.1. The Balaban J connectivity index is 1.65. The van der Waals surface area contributed by atoms with E-state index in [0.717, 1.165) is 23.7 Å². The van der Waals surface area contributed by atoms with Crippen molar-refractivity contribution < 1.29 is 5.11 Å². The van der Waals surface area contributed by atoms with Crippen LogP contribution in [0.3, 0.4) is 0 Å². The lowest BCUT2D eigenvalue weighted by Gasteiger charge is -1.99. The Morgan fingerprint density at radius 2 is 2.39 bits per heavy atom. The Labute approximate surface area is 110 Å². The van der Waals surface area contributed by atoms with Gasteiger partial charge in [-0.25, -0.2) is 4.98 Å². The van der Waals surface area contributed by atoms with Gasteiger partial charge in [0.15, 0.2) is 0 Å². The number of aryl methyl sites for hydroxylation is 1. The molecule has 7 heteroatoms. The molecule has 2 heterocycles. The molecule has 0 radical (unpaired) electrons. The highest BCUT2D eigenvalue weighted by atomic mass is 32.1. The van der Waals surface area contributed by atoms with E-state index in [0.29, 0.717) is 19.5 Å². The van der Waals surface area contributed by atoms with Gasteiger partial charge in [0.25, 0.3) is 0 Å². The number of hydrogen-bond acceptors (Lipinski definition) is 6. The molecule has 6 nitrogen and oxygen atoms in total. The Kier molecular flexibility index (Phi) is 5.25. The summed E-state index contributed by atoms with van der Waals surface area (Å²) in [4.78, 5) is 4.22. The monoisotopic (exact) mass is 267 g/mol. The minimum absolute atomic E-state index is 0.182. The number of aliphatic hydroxyl groups is 1. The van der Waals surface area contributed by atoms with E-state index in [2.05, 4.69) is 20.6 Å². The third kappa shape index (κ3) is 4.17. The zero-order valence-corrected chi connectivity index (χ0v) is 10.9. The van der Waals surface area contributed by atoms with E-state index in [1.54, 1.807) is 16.0 Å². The lowest BCUT2D eigenvalue weighted by atomic mass is 10.4. The van der Waals surface area contributed by atoms with Crippen LogP contribution in [0.5, 0.6) is 0 Å². The van der Waals surface area contributed by atoms with Crippen LogP contribution in [0, 0.1) is 0 Å². The molecule has 98 valence electrons. The number of aromatic nitrogens is 4. The van der Waals surface area contributed by atoms with Gasteiger partial charge in [-0.1, -0.05) is 5.21 Å². The van der Waals surface area contributed by atoms with Crippen molar-refractivity contribution in [2.24, 2.45) is 0 Å². The SMILES string of the molecule is OCCCn1cc(CNCCc2nccs2)nn1. The third-order valence-corrected chi connectivity index (χ3v) is 3.28. The Hall–Kier alpha value is -1.31. The number of rotatable bonds is 8. The first-order valence-electron chi connectivity index (χ1n) is 5.97. The van der Waals surface area contributed by atoms with E-state index >= 15 is 0 Å². The first-order chi connectivity index (χ1) is 8.88. The summed E-state index contributed by atoms with van der Waals surface area (Å²) in [5.41, 5.74) is 0.923. The van der Waals surface area contributed by atoms with Crippen LogP contribution in [-0.4, -0.2) is 38.2 Å². The molecule has 0 aliphatic heterocycles. The topological polar surface area (TPSA) is 75.9 Å². The zero-order valence-electron chi connectivity index (χ0n) is 10.1. The standard InChI is InChI=1S/C11H17N5OS/c17-6-1-5-16-9-10(14-15-16)8-12-3-2-11-13-4-7-18-11/h4,7,9,12,17H,1-3,5-6,8H2. The number of nitrogens with one attached hydrogen (secondary N) is 1. The van der Waals surface area contributed by atoms with Crippen LogP contribution in [0.25, 0.3) is 0 Å². The van der Waals surface area contributed by atoms with Gasteiger partial charge in [-0.2, -0.15) is 0 Å². The molecule has 2 rings (SSSR count). The number of thiazole rings is 1. The van der Waals surface area contributed by atoms with Crippen LogP contribution in [0.1, 0.15) is 17.1 Å². The summed E-state index contributed by atoms with van der Waals surface area (Å²) in [7, 11) is 0. The molecule has 0 saturated heterocycles. The molecule has 0 aliphatic rings. The second-order valence-electron chi connectivity index (χ2n) is 3.90. The van der Waals surface area contributed by atoms with Crippen molar-refractivity contribution in [1.29, 1.82) is 0 Å². The highest BCUT2D eigenvalue weighted by molar-refractivity contribution is 7.09. The fourth-order valence-electron chi connectivity index (χ4n) is 1.55. The third-order valence-electron chi connectivity index (χ3n) is 2.44. The van der Waals surface area contributed by atoms with Crippen LogP contribution < -0.4 is 5.32 Å². The van der Waals surface area contributed by atoms with Gasteiger partial charge in [0.1, 0.15) is 0 Å². The van der Waals surface area contributed by atoms with Crippen molar-refractivity contribution in [1.82, 2.24) is 25.3 Å². The van der Waals surface area contributed by atoms with Crippen LogP contribution >= 0.6 is 11.3 Å². The second-order valence-corrected chi connectivity index (χ2v) is 4.88. The second kappa shape index (κ2) is 7.20. The molecular weight excluding hydrogens is 250 g/mol. The normalized spacial score (nSPS) is 10.9. The smallest absolute Gasteiger partial charge is 0.0964 e. The maximum absolute atomic E-state index is 8.72. The molecule has 0 bridgehead atoms. The molecule has 18 heavy (non-hydrogen) atoms. The lowest BCUT2D eigenvalue weighted by Crippen LogP contribution is -2.16. The van der Waals surface area contributed by atoms with Crippen molar-refractivity contribution in [3.8, 4) is 0 Å². The summed E-state index contributed by atoms with van der Waals surface area (Å²) in [6, 6.07) is 0. The van der Waals surface area contributed by atoms with E-state index in [-0.39, 0.29) is 6.61 Å². The molecule has 0 amide bonds. The van der Waals surface area contributed by atoms with Gasteiger partial charge in [-0.3, -0.25) is 4.68 Å². The summed E-state index contributed by atoms with van der Waals surface area (Å²) in [5, 5.41) is 23.2. The van der Waals surface area contributed by atoms with Crippen LogP contribution in [0.2, 0.25) is 0 Å². The van der Waals surface area contributed by atoms with E-state index in [9.17, 15) is 0 Å². The summed E-state index contributed by atoms with van der Waals surface area (Å²) >= 11 is 1.68. The van der Waals surface area contributed by atoms with Crippen molar-refractivity contribution in [3.63, 3.8) is 0 Å². The fourth-order valence-corrected chi connectivity index (χ4v) is 2.17. The summed E-state index contributed by atoms with van der Waals surface area (Å²) in [6.07, 6.45) is 5.38. The van der Waals surface area contributed by atoms with Gasteiger partial charge >= 0.3 is 0 Å². The van der Waals surface area contributed by atoms with Crippen molar-refractivity contribution >= 4 is 11.3 Å². The number of aliphatic hydroxyl groups excluding tert-OH is 1. The van der Waals surface area contributed by atoms with Crippen LogP contribution in [0.4, 0.5) is 0 Å². The molecule has 0 saturated carbocycles. The molecule has 2 aromatic rings. The zero-order chi connectivity index (χ0) is 12.6. The van der Waals surface area contributed by atoms with Gasteiger partial charge < -0.3 is 10.4 Å². The van der Waals surface area contributed by atoms with E-state index in [1.165, 1.54) is 0 Å². The molecule has 2 N–H and O–H groups in total. The van der Waals surface area contributed by atoms with Crippen molar-refractivity contribution in [3.05, 3.63) is 28.5 Å². The lowest BCUT2D eigenvalue weighted by molar-refractivity contribution is 0.276. The molecule has 0 unspecified atom stereocenters. The minimum atomic E-state index is 0.182. The van der Waals surface area contributed by atoms with Gasteiger partial charge in [0, 0.05) is 50.4 Å². The summed E-state index contributed by atoms with van der Waals surface area (Å²) in [5.74, 6) is 0. The highest BCUT2D eigenvalue weighted by Gasteiger charge is 2.00. The average molecular weight is 267 g/mol. The van der Waals surface area contributed by atoms with E-state index in [4.69, 9.17) is 5.11 Å². The predicted molar refractivity (Wildman–Crippen MR) is 69.2 cm³/mol. The fraction of sp³-hybridized carbons (Fsp3) is 0.545. The quantitative estimate of drug-likeness (QED) is 0.679. The molecule has 0 fully saturated rings. The van der Waals surface area contributed by atoms with Gasteiger partial charge in [0.05, 0.1) is 10.7 Å². The Morgan fingerprint density at radius 1 is 1.44 bits per heavy atom. The van der Waals surface area contributed by atoms with E-state index < -0.39 is 0 Å². The molecule has 0 atom stereocenters. The van der Waals surface area contributed by atoms with Gasteiger partial charge in [-0.15, -0.1) is 16.4 Å². The summed E-state index contributed by atoms with van der Waals surface area (Å²) in [6.45, 7) is 2.49. The van der Waals surface area contributed by atoms with Crippen molar-refractivity contribution in [2.45, 2.75) is 25.9 Å². The van der Waals surface area contributed by atoms with E-state index in [1.807, 2.05) is 17.8 Å². The van der Waals surface area contributed by atoms with Gasteiger partial charge in [0.2, 0.25) is 0 Å². The van der Waals surface area contributed by atoms with Crippen molar-refractivity contribution in [2.75, 3.05) is 13.2 Å². The highest BCUT2D eigenvalue weighted by Crippen LogP contribution is 2.03. The maximum atomic E-state index is 8.72. The van der Waals surface area contributed by atoms with Crippen LogP contribution in [-0.2, 0) is 19.5 Å². The molecule has 2 aromatic heterocycles. The van der Waals surface area contributed by atoms with Gasteiger partial charge in [-0.05, 0) is 6.42 Å². The van der Waals surface area contributed by atoms with Crippen LogP contribution in [0.15, 0.2) is 17.8 Å². The predicted octanol–water partition coefficient (Wildman–Crippen LogP) is 0.449. The first-order valence-corrected chi connectivity index (χ1v) is 6.85.